The van der Waals surface area contributed by atoms with Crippen LogP contribution in [0.2, 0.25) is 0 Å². The highest BCUT2D eigenvalue weighted by Crippen LogP contribution is 2.20. The lowest BCUT2D eigenvalue weighted by molar-refractivity contribution is -0.121. The van der Waals surface area contributed by atoms with Gasteiger partial charge in [-0.05, 0) is 26.3 Å². The lowest BCUT2D eigenvalue weighted by Crippen LogP contribution is -2.47. The number of carbonyl (C=O) groups is 2. The van der Waals surface area contributed by atoms with Crippen LogP contribution in [-0.2, 0) is 16.1 Å². The number of aromatic nitrogens is 2. The van der Waals surface area contributed by atoms with Crippen molar-refractivity contribution in [2.75, 3.05) is 11.9 Å². The first-order valence-corrected chi connectivity index (χ1v) is 5.87. The summed E-state index contributed by atoms with van der Waals surface area (Å²) < 4.78 is 1.39. The normalized spacial score (nSPS) is 22.9. The molecule has 1 unspecified atom stereocenters. The molecule has 0 bridgehead atoms. The zero-order valence-corrected chi connectivity index (χ0v) is 10.3. The molecule has 0 radical (unpaired) electrons. The van der Waals surface area contributed by atoms with Crippen LogP contribution in [0.4, 0.5) is 5.69 Å². The first-order valence-electron chi connectivity index (χ1n) is 5.87. The van der Waals surface area contributed by atoms with Gasteiger partial charge in [-0.3, -0.25) is 14.3 Å². The largest absolute Gasteiger partial charge is 0.368 e. The molecule has 1 fully saturated rings. The molecule has 7 nitrogen and oxygen atoms in total. The molecule has 0 saturated carbocycles. The maximum absolute atomic E-state index is 12.1. The number of hydrogen-bond donors (Lipinski definition) is 3. The molecule has 0 spiro atoms. The lowest BCUT2D eigenvalue weighted by Gasteiger charge is -2.22. The molecule has 2 amide bonds. The molecule has 1 saturated heterocycles. The fraction of sp³-hybridized carbons (Fsp3) is 0.545. The lowest BCUT2D eigenvalue weighted by atomic mass is 9.99. The van der Waals surface area contributed by atoms with Gasteiger partial charge in [-0.15, -0.1) is 0 Å². The highest BCUT2D eigenvalue weighted by atomic mass is 16.2. The Balaban J connectivity index is 1.99. The van der Waals surface area contributed by atoms with Gasteiger partial charge in [0.2, 0.25) is 11.8 Å². The van der Waals surface area contributed by atoms with Gasteiger partial charge in [0.1, 0.15) is 6.54 Å². The fourth-order valence-electron chi connectivity index (χ4n) is 2.03. The number of hydrogen-bond acceptors (Lipinski definition) is 4. The molecule has 1 aliphatic rings. The first-order chi connectivity index (χ1) is 8.49. The maximum Gasteiger partial charge on any atom is 0.244 e. The molecule has 1 atom stereocenters. The molecular formula is C11H17N5O2. The van der Waals surface area contributed by atoms with E-state index in [9.17, 15) is 9.59 Å². The second-order valence-corrected chi connectivity index (χ2v) is 4.71. The number of nitrogens with one attached hydrogen (secondary N) is 2. The number of rotatable bonds is 4. The Bertz CT molecular complexity index is 462. The minimum Gasteiger partial charge on any atom is -0.368 e. The van der Waals surface area contributed by atoms with Gasteiger partial charge in [-0.2, -0.15) is 5.10 Å². The van der Waals surface area contributed by atoms with E-state index in [0.717, 1.165) is 19.4 Å². The van der Waals surface area contributed by atoms with Crippen LogP contribution in [-0.4, -0.2) is 33.7 Å². The Hall–Kier alpha value is -1.89. The summed E-state index contributed by atoms with van der Waals surface area (Å²) in [6, 6.07) is 0. The molecular weight excluding hydrogens is 234 g/mol. The molecule has 2 rings (SSSR count). The minimum absolute atomic E-state index is 0.00535. The summed E-state index contributed by atoms with van der Waals surface area (Å²) in [6.07, 6.45) is 4.89. The number of carbonyl (C=O) groups excluding carboxylic acids is 2. The third kappa shape index (κ3) is 2.67. The average Bonchev–Trinajstić information content (AvgIpc) is 2.88. The van der Waals surface area contributed by atoms with Crippen LogP contribution in [0.5, 0.6) is 0 Å². The minimum atomic E-state index is -0.522. The molecule has 98 valence electrons. The van der Waals surface area contributed by atoms with Gasteiger partial charge >= 0.3 is 0 Å². The molecule has 7 heteroatoms. The predicted molar refractivity (Wildman–Crippen MR) is 65.7 cm³/mol. The highest BCUT2D eigenvalue weighted by molar-refractivity contribution is 5.97. The molecule has 2 heterocycles. The Morgan fingerprint density at radius 3 is 3.06 bits per heavy atom. The van der Waals surface area contributed by atoms with Crippen molar-refractivity contribution in [1.29, 1.82) is 0 Å². The van der Waals surface area contributed by atoms with Crippen LogP contribution in [0.15, 0.2) is 12.4 Å². The van der Waals surface area contributed by atoms with Crippen LogP contribution in [0.1, 0.15) is 19.8 Å². The van der Waals surface area contributed by atoms with Crippen LogP contribution < -0.4 is 16.4 Å². The molecule has 0 aliphatic carbocycles. The van der Waals surface area contributed by atoms with Crippen molar-refractivity contribution in [1.82, 2.24) is 15.1 Å². The average molecular weight is 251 g/mol. The van der Waals surface area contributed by atoms with Gasteiger partial charge in [0, 0.05) is 6.20 Å². The van der Waals surface area contributed by atoms with Crippen molar-refractivity contribution in [3.8, 4) is 0 Å². The second-order valence-electron chi connectivity index (χ2n) is 4.71. The van der Waals surface area contributed by atoms with E-state index in [2.05, 4.69) is 15.7 Å². The van der Waals surface area contributed by atoms with Crippen molar-refractivity contribution < 1.29 is 9.59 Å². The van der Waals surface area contributed by atoms with Gasteiger partial charge in [0.05, 0.1) is 17.4 Å². The smallest absolute Gasteiger partial charge is 0.244 e. The molecule has 1 aliphatic heterocycles. The fourth-order valence-corrected chi connectivity index (χ4v) is 2.03. The number of anilines is 1. The summed E-state index contributed by atoms with van der Waals surface area (Å²) in [6.45, 7) is 2.74. The highest BCUT2D eigenvalue weighted by Gasteiger charge is 2.35. The summed E-state index contributed by atoms with van der Waals surface area (Å²) in [4.78, 5) is 22.8. The van der Waals surface area contributed by atoms with E-state index in [1.54, 1.807) is 6.20 Å². The molecule has 18 heavy (non-hydrogen) atoms. The quantitative estimate of drug-likeness (QED) is 0.668. The summed E-state index contributed by atoms with van der Waals surface area (Å²) in [7, 11) is 0. The van der Waals surface area contributed by atoms with Gasteiger partial charge < -0.3 is 16.4 Å². The third-order valence-corrected chi connectivity index (χ3v) is 3.08. The van der Waals surface area contributed by atoms with Gasteiger partial charge in [0.25, 0.3) is 0 Å². The first kappa shape index (κ1) is 12.6. The van der Waals surface area contributed by atoms with Crippen LogP contribution in [0, 0.1) is 0 Å². The topological polar surface area (TPSA) is 102 Å². The van der Waals surface area contributed by atoms with E-state index >= 15 is 0 Å². The summed E-state index contributed by atoms with van der Waals surface area (Å²) >= 11 is 0. The zero-order valence-electron chi connectivity index (χ0n) is 10.3. The molecule has 1 aromatic rings. The van der Waals surface area contributed by atoms with E-state index < -0.39 is 11.4 Å². The Morgan fingerprint density at radius 2 is 2.44 bits per heavy atom. The standard InChI is InChI=1S/C11H17N5O2/c1-11(3-2-4-13-11)10(18)15-8-5-14-16(6-8)7-9(12)17/h5-6,13H,2-4,7H2,1H3,(H2,12,17)(H,15,18). The van der Waals surface area contributed by atoms with E-state index in [1.165, 1.54) is 10.9 Å². The van der Waals surface area contributed by atoms with Crippen LogP contribution in [0.25, 0.3) is 0 Å². The molecule has 1 aromatic heterocycles. The second kappa shape index (κ2) is 4.77. The summed E-state index contributed by atoms with van der Waals surface area (Å²) in [5.41, 5.74) is 5.10. The predicted octanol–water partition coefficient (Wildman–Crippen LogP) is -0.551. The van der Waals surface area contributed by atoms with E-state index in [1.807, 2.05) is 6.92 Å². The molecule has 0 aromatic carbocycles. The Labute approximate surface area is 105 Å². The van der Waals surface area contributed by atoms with Crippen LogP contribution >= 0.6 is 0 Å². The van der Waals surface area contributed by atoms with Crippen molar-refractivity contribution in [2.24, 2.45) is 5.73 Å². The molecule has 4 N–H and O–H groups in total. The number of amides is 2. The Morgan fingerprint density at radius 1 is 1.67 bits per heavy atom. The zero-order chi connectivity index (χ0) is 13.2. The maximum atomic E-state index is 12.1. The van der Waals surface area contributed by atoms with Gasteiger partial charge in [-0.25, -0.2) is 0 Å². The third-order valence-electron chi connectivity index (χ3n) is 3.08. The van der Waals surface area contributed by atoms with E-state index in [4.69, 9.17) is 5.73 Å². The van der Waals surface area contributed by atoms with E-state index in [-0.39, 0.29) is 12.5 Å². The monoisotopic (exact) mass is 251 g/mol. The number of primary amides is 1. The van der Waals surface area contributed by atoms with Crippen LogP contribution in [0.3, 0.4) is 0 Å². The summed E-state index contributed by atoms with van der Waals surface area (Å²) in [5, 5.41) is 9.90. The summed E-state index contributed by atoms with van der Waals surface area (Å²) in [5.74, 6) is -0.556. The number of nitrogens with two attached hydrogens (primary N) is 1. The SMILES string of the molecule is CC1(C(=O)Nc2cnn(CC(N)=O)c2)CCCN1. The Kier molecular flexibility index (Phi) is 3.33. The van der Waals surface area contributed by atoms with Crippen molar-refractivity contribution in [3.05, 3.63) is 12.4 Å². The van der Waals surface area contributed by atoms with Crippen molar-refractivity contribution in [2.45, 2.75) is 31.8 Å². The van der Waals surface area contributed by atoms with Gasteiger partial charge in [-0.1, -0.05) is 0 Å². The van der Waals surface area contributed by atoms with Crippen molar-refractivity contribution in [3.63, 3.8) is 0 Å². The van der Waals surface area contributed by atoms with Gasteiger partial charge in [0.15, 0.2) is 0 Å². The number of nitrogens with zero attached hydrogens (tertiary/aromatic N) is 2. The van der Waals surface area contributed by atoms with Crippen molar-refractivity contribution >= 4 is 17.5 Å². The van der Waals surface area contributed by atoms with E-state index in [0.29, 0.717) is 5.69 Å².